The zero-order valence-corrected chi connectivity index (χ0v) is 34.6. The van der Waals surface area contributed by atoms with E-state index in [9.17, 15) is 45.2 Å². The van der Waals surface area contributed by atoms with Gasteiger partial charge in [-0.3, -0.25) is 19.1 Å². The number of carbonyl (C=O) groups excluding carboxylic acids is 4. The number of amides is 4. The van der Waals surface area contributed by atoms with Gasteiger partial charge in [-0.2, -0.15) is 18.2 Å². The van der Waals surface area contributed by atoms with Crippen molar-refractivity contribution in [2.45, 2.75) is 126 Å². The van der Waals surface area contributed by atoms with Gasteiger partial charge in [0.1, 0.15) is 29.5 Å². The van der Waals surface area contributed by atoms with Crippen LogP contribution in [0.1, 0.15) is 86.0 Å². The number of sulfonamides is 1. The van der Waals surface area contributed by atoms with Crippen molar-refractivity contribution in [2.24, 2.45) is 17.8 Å². The van der Waals surface area contributed by atoms with Crippen molar-refractivity contribution in [1.29, 1.82) is 0 Å². The molecule has 14 nitrogen and oxygen atoms in total. The Kier molecular flexibility index (Phi) is 11.9. The van der Waals surface area contributed by atoms with Gasteiger partial charge in [-0.15, -0.1) is 0 Å². The van der Waals surface area contributed by atoms with Gasteiger partial charge < -0.3 is 29.7 Å². The largest absolute Gasteiger partial charge is 0.481 e. The number of ether oxygens (including phenoxy) is 3. The van der Waals surface area contributed by atoms with Crippen LogP contribution in [-0.2, 0) is 29.1 Å². The van der Waals surface area contributed by atoms with E-state index in [0.29, 0.717) is 63.1 Å². The second kappa shape index (κ2) is 16.1. The molecular weight excluding hydrogens is 803 g/mol. The van der Waals surface area contributed by atoms with Crippen molar-refractivity contribution in [1.82, 2.24) is 25.2 Å². The second-order valence-corrected chi connectivity index (χ2v) is 19.2. The lowest BCUT2D eigenvalue weighted by molar-refractivity contribution is -0.244. The van der Waals surface area contributed by atoms with Gasteiger partial charge >= 0.3 is 12.3 Å². The Morgan fingerprint density at radius 3 is 2.47 bits per heavy atom. The first-order valence-electron chi connectivity index (χ1n) is 19.8. The molecular formula is C40H51F4N5O9S. The molecule has 1 aromatic heterocycles. The van der Waals surface area contributed by atoms with Crippen LogP contribution in [0.5, 0.6) is 11.8 Å². The molecule has 0 radical (unpaired) electrons. The lowest BCUT2D eigenvalue weighted by Gasteiger charge is -2.35. The van der Waals surface area contributed by atoms with Crippen molar-refractivity contribution in [2.75, 3.05) is 13.7 Å². The number of carbonyl (C=O) groups is 4. The molecule has 4 amide bonds. The average Bonchev–Trinajstić information content (AvgIpc) is 4.03. The number of fused-ring (bicyclic) bond motifs is 3. The minimum Gasteiger partial charge on any atom is -0.481 e. The molecule has 2 aliphatic heterocycles. The van der Waals surface area contributed by atoms with E-state index in [1.54, 1.807) is 13.0 Å². The summed E-state index contributed by atoms with van der Waals surface area (Å²) in [6.45, 7) is 6.29. The van der Waals surface area contributed by atoms with E-state index in [4.69, 9.17) is 14.2 Å². The SMILES string of the molecule is CC[C@@H]1C[C@H](C)CC/C=C\C2C[C@@]2(C(=O)NS(=O)(=O)C2(C)CC2)NC(=O)[C@@H]2C[C@@H](Oc3nc(OC)cc4cc(F)ccc34)CN2C(=O)[C@H]1NC(=O)OC(C)(C)C(F)(F)F. The molecule has 1 aromatic carbocycles. The molecule has 3 heterocycles. The molecule has 19 heteroatoms. The van der Waals surface area contributed by atoms with Crippen molar-refractivity contribution in [3.63, 3.8) is 0 Å². The number of rotatable bonds is 9. The highest BCUT2D eigenvalue weighted by Gasteiger charge is 2.63. The predicted octanol–water partition coefficient (Wildman–Crippen LogP) is 5.44. The molecule has 2 saturated carbocycles. The summed E-state index contributed by atoms with van der Waals surface area (Å²) < 4.78 is 99.5. The first-order valence-corrected chi connectivity index (χ1v) is 21.2. The minimum atomic E-state index is -4.94. The van der Waals surface area contributed by atoms with Gasteiger partial charge in [0.25, 0.3) is 5.91 Å². The third kappa shape index (κ3) is 9.09. The Bertz CT molecular complexity index is 2130. The topological polar surface area (TPSA) is 182 Å². The lowest BCUT2D eigenvalue weighted by atomic mass is 9.85. The van der Waals surface area contributed by atoms with E-state index in [0.717, 1.165) is 4.90 Å². The van der Waals surface area contributed by atoms with Gasteiger partial charge in [0.2, 0.25) is 39.2 Å². The zero-order valence-electron chi connectivity index (χ0n) is 33.8. The lowest BCUT2D eigenvalue weighted by Crippen LogP contribution is -2.60. The molecule has 1 saturated heterocycles. The van der Waals surface area contributed by atoms with Gasteiger partial charge in [-0.05, 0) is 94.7 Å². The molecule has 7 atom stereocenters. The number of aromatic nitrogens is 1. The Labute approximate surface area is 340 Å². The molecule has 0 spiro atoms. The third-order valence-corrected chi connectivity index (χ3v) is 14.3. The quantitative estimate of drug-likeness (QED) is 0.217. The fourth-order valence-electron chi connectivity index (χ4n) is 7.79. The van der Waals surface area contributed by atoms with Crippen LogP contribution in [0.25, 0.3) is 10.8 Å². The van der Waals surface area contributed by atoms with Crippen LogP contribution in [-0.4, -0.2) is 96.0 Å². The minimum absolute atomic E-state index is 0.00476. The van der Waals surface area contributed by atoms with E-state index in [-0.39, 0.29) is 37.1 Å². The van der Waals surface area contributed by atoms with Crippen LogP contribution >= 0.6 is 0 Å². The molecule has 324 valence electrons. The van der Waals surface area contributed by atoms with Crippen molar-refractivity contribution in [3.05, 3.63) is 42.2 Å². The fourth-order valence-corrected chi connectivity index (χ4v) is 9.10. The number of hydrogen-bond acceptors (Lipinski definition) is 10. The van der Waals surface area contributed by atoms with E-state index in [1.165, 1.54) is 38.3 Å². The van der Waals surface area contributed by atoms with Crippen LogP contribution in [0.2, 0.25) is 0 Å². The fraction of sp³-hybridized carbons (Fsp3) is 0.625. The van der Waals surface area contributed by atoms with Crippen molar-refractivity contribution in [3.8, 4) is 11.8 Å². The summed E-state index contributed by atoms with van der Waals surface area (Å²) in [5, 5.41) is 5.94. The molecule has 3 fully saturated rings. The van der Waals surface area contributed by atoms with Gasteiger partial charge in [0.15, 0.2) is 0 Å². The van der Waals surface area contributed by atoms with E-state index < -0.39 is 91.7 Å². The summed E-state index contributed by atoms with van der Waals surface area (Å²) in [6.07, 6.45) is -1.42. The van der Waals surface area contributed by atoms with Crippen molar-refractivity contribution < 1.29 is 59.4 Å². The molecule has 4 aliphatic rings. The van der Waals surface area contributed by atoms with E-state index in [1.807, 2.05) is 13.0 Å². The number of alkyl carbamates (subject to hydrolysis) is 1. The highest BCUT2D eigenvalue weighted by molar-refractivity contribution is 7.91. The summed E-state index contributed by atoms with van der Waals surface area (Å²) in [7, 11) is -2.75. The maximum absolute atomic E-state index is 14.9. The van der Waals surface area contributed by atoms with Crippen molar-refractivity contribution >= 4 is 44.6 Å². The highest BCUT2D eigenvalue weighted by Crippen LogP contribution is 2.48. The molecule has 3 N–H and O–H groups in total. The number of benzene rings is 1. The molecule has 2 aliphatic carbocycles. The third-order valence-electron chi connectivity index (χ3n) is 12.1. The van der Waals surface area contributed by atoms with Crippen LogP contribution in [0, 0.1) is 23.6 Å². The van der Waals surface area contributed by atoms with Gasteiger partial charge in [0.05, 0.1) is 18.4 Å². The van der Waals surface area contributed by atoms with E-state index >= 15 is 0 Å². The highest BCUT2D eigenvalue weighted by atomic mass is 32.2. The Morgan fingerprint density at radius 2 is 1.83 bits per heavy atom. The molecule has 2 aromatic rings. The maximum Gasteiger partial charge on any atom is 0.427 e. The average molecular weight is 854 g/mol. The van der Waals surface area contributed by atoms with Gasteiger partial charge in [-0.25, -0.2) is 17.6 Å². The Balaban J connectivity index is 1.38. The number of nitrogens with zero attached hydrogens (tertiary/aromatic N) is 2. The molecule has 6 rings (SSSR count). The number of halogens is 4. The summed E-state index contributed by atoms with van der Waals surface area (Å²) >= 11 is 0. The smallest absolute Gasteiger partial charge is 0.427 e. The first-order chi connectivity index (χ1) is 27.5. The number of methoxy groups -OCH3 is 1. The number of pyridine rings is 1. The number of nitrogens with one attached hydrogen (secondary N) is 3. The number of alkyl halides is 3. The predicted molar refractivity (Wildman–Crippen MR) is 206 cm³/mol. The maximum atomic E-state index is 14.9. The first kappa shape index (κ1) is 43.9. The van der Waals surface area contributed by atoms with Crippen LogP contribution in [0.3, 0.4) is 0 Å². The molecule has 1 unspecified atom stereocenters. The molecule has 0 bridgehead atoms. The van der Waals surface area contributed by atoms with Crippen LogP contribution < -0.4 is 24.8 Å². The van der Waals surface area contributed by atoms with E-state index in [2.05, 4.69) is 20.3 Å². The normalized spacial score (nSPS) is 29.2. The zero-order chi connectivity index (χ0) is 43.3. The monoisotopic (exact) mass is 853 g/mol. The second-order valence-electron chi connectivity index (χ2n) is 17.0. The number of allylic oxidation sites excluding steroid dienone is 1. The summed E-state index contributed by atoms with van der Waals surface area (Å²) in [4.78, 5) is 62.2. The van der Waals surface area contributed by atoms with Crippen LogP contribution in [0.4, 0.5) is 22.4 Å². The standard InChI is InChI=1S/C40H51F4N5O9S/c1-7-23-16-22(2)10-8-9-11-25-20-39(25,35(52)48-59(54,55)38(5)14-15-38)47-32(50)29-19-27(57-33-28-13-12-26(41)17-24(28)18-30(45-33)56-6)21-49(29)34(51)31(23)46-36(53)58-37(3,4)40(42,43)44/h9,11-13,17-18,22-23,25,27,29,31H,7-8,10,14-16,19-21H2,1-6H3,(H,46,53)(H,47,50)(H,48,52)/b11-9-/t22-,23-,25?,27-,29+,31+,39-/m1/s1. The number of hydrogen-bond donors (Lipinski definition) is 3. The summed E-state index contributed by atoms with van der Waals surface area (Å²) in [6, 6.07) is 2.53. The Hall–Kier alpha value is -4.68. The summed E-state index contributed by atoms with van der Waals surface area (Å²) in [5.41, 5.74) is -4.59. The van der Waals surface area contributed by atoms with Gasteiger partial charge in [0, 0.05) is 23.8 Å². The van der Waals surface area contributed by atoms with Gasteiger partial charge in [-0.1, -0.05) is 32.4 Å². The Morgan fingerprint density at radius 1 is 1.12 bits per heavy atom. The molecule has 59 heavy (non-hydrogen) atoms. The summed E-state index contributed by atoms with van der Waals surface area (Å²) in [5.74, 6) is -4.29. The van der Waals surface area contributed by atoms with Crippen LogP contribution in [0.15, 0.2) is 36.4 Å².